The van der Waals surface area contributed by atoms with Gasteiger partial charge in [-0.25, -0.2) is 9.59 Å². The quantitative estimate of drug-likeness (QED) is 0.526. The Morgan fingerprint density at radius 1 is 1.20 bits per heavy atom. The van der Waals surface area contributed by atoms with Crippen LogP contribution in [-0.2, 0) is 14.4 Å². The van der Waals surface area contributed by atoms with Crippen LogP contribution < -0.4 is 4.74 Å². The highest BCUT2D eigenvalue weighted by Crippen LogP contribution is 2.32. The molecule has 0 bridgehead atoms. The number of hydrogen-bond acceptors (Lipinski definition) is 5. The molecule has 0 saturated heterocycles. The zero-order chi connectivity index (χ0) is 15.1. The number of carboxylic acids is 2. The molecule has 9 heteroatoms. The first-order valence-corrected chi connectivity index (χ1v) is 6.69. The van der Waals surface area contributed by atoms with Crippen LogP contribution in [0.3, 0.4) is 0 Å². The number of halogens is 2. The van der Waals surface area contributed by atoms with E-state index in [2.05, 4.69) is 41.9 Å². The molecule has 0 fully saturated rings. The first kappa shape index (κ1) is 16.4. The fourth-order valence-corrected chi connectivity index (χ4v) is 2.52. The van der Waals surface area contributed by atoms with Gasteiger partial charge in [-0.3, -0.25) is 0 Å². The lowest BCUT2D eigenvalue weighted by molar-refractivity contribution is -0.142. The molecule has 20 heavy (non-hydrogen) atoms. The highest BCUT2D eigenvalue weighted by atomic mass is 79.9. The number of nitrogens with zero attached hydrogens (tertiary/aromatic N) is 1. The molecule has 1 aromatic carbocycles. The molecule has 0 heterocycles. The SMILES string of the molecule is O=C(O)CO/N=C/c1cc(Br)cc(Br)c1OCC(=O)O. The Balaban J connectivity index is 2.91. The minimum absolute atomic E-state index is 0.262. The third-order valence-electron chi connectivity index (χ3n) is 1.83. The number of carboxylic acid groups (broad SMARTS) is 2. The summed E-state index contributed by atoms with van der Waals surface area (Å²) in [7, 11) is 0. The van der Waals surface area contributed by atoms with E-state index in [1.54, 1.807) is 12.1 Å². The number of ether oxygens (including phenoxy) is 1. The highest BCUT2D eigenvalue weighted by molar-refractivity contribution is 9.11. The normalized spacial score (nSPS) is 10.5. The lowest BCUT2D eigenvalue weighted by Crippen LogP contribution is -2.11. The fraction of sp³-hybridized carbons (Fsp3) is 0.182. The van der Waals surface area contributed by atoms with Crippen molar-refractivity contribution in [2.24, 2.45) is 5.16 Å². The molecule has 0 aliphatic rings. The van der Waals surface area contributed by atoms with Crippen LogP contribution in [0, 0.1) is 0 Å². The molecule has 1 aromatic rings. The van der Waals surface area contributed by atoms with Crippen molar-refractivity contribution in [2.45, 2.75) is 0 Å². The van der Waals surface area contributed by atoms with Crippen LogP contribution in [0.25, 0.3) is 0 Å². The molecule has 0 atom stereocenters. The van der Waals surface area contributed by atoms with E-state index in [9.17, 15) is 9.59 Å². The first-order chi connectivity index (χ1) is 9.40. The van der Waals surface area contributed by atoms with Crippen LogP contribution in [0.15, 0.2) is 26.2 Å². The van der Waals surface area contributed by atoms with Crippen molar-refractivity contribution in [1.82, 2.24) is 0 Å². The third kappa shape index (κ3) is 5.57. The van der Waals surface area contributed by atoms with E-state index in [4.69, 9.17) is 14.9 Å². The molecule has 0 aliphatic heterocycles. The maximum absolute atomic E-state index is 10.5. The number of benzene rings is 1. The van der Waals surface area contributed by atoms with Crippen molar-refractivity contribution < 1.29 is 29.4 Å². The van der Waals surface area contributed by atoms with Crippen molar-refractivity contribution in [3.8, 4) is 5.75 Å². The Morgan fingerprint density at radius 3 is 2.45 bits per heavy atom. The van der Waals surface area contributed by atoms with E-state index in [1.807, 2.05) is 0 Å². The van der Waals surface area contributed by atoms with Crippen LogP contribution in [0.1, 0.15) is 5.56 Å². The van der Waals surface area contributed by atoms with Gasteiger partial charge in [0.2, 0.25) is 6.61 Å². The van der Waals surface area contributed by atoms with Crippen molar-refractivity contribution in [3.63, 3.8) is 0 Å². The second kappa shape index (κ2) is 7.85. The number of oxime groups is 1. The third-order valence-corrected chi connectivity index (χ3v) is 2.88. The predicted octanol–water partition coefficient (Wildman–Crippen LogP) is 2.11. The molecule has 0 aromatic heterocycles. The van der Waals surface area contributed by atoms with E-state index in [-0.39, 0.29) is 5.75 Å². The number of hydrogen-bond donors (Lipinski definition) is 2. The first-order valence-electron chi connectivity index (χ1n) is 5.11. The van der Waals surface area contributed by atoms with Gasteiger partial charge in [0.15, 0.2) is 6.61 Å². The summed E-state index contributed by atoms with van der Waals surface area (Å²) < 4.78 is 6.35. The largest absolute Gasteiger partial charge is 0.480 e. The van der Waals surface area contributed by atoms with E-state index >= 15 is 0 Å². The number of carbonyl (C=O) groups is 2. The van der Waals surface area contributed by atoms with Gasteiger partial charge in [-0.1, -0.05) is 21.1 Å². The summed E-state index contributed by atoms with van der Waals surface area (Å²) in [6.45, 7) is -1.09. The average molecular weight is 411 g/mol. The van der Waals surface area contributed by atoms with Gasteiger partial charge in [0.05, 0.1) is 10.7 Å². The Morgan fingerprint density at radius 2 is 1.85 bits per heavy atom. The van der Waals surface area contributed by atoms with Crippen molar-refractivity contribution >= 4 is 50.0 Å². The molecule has 0 amide bonds. The van der Waals surface area contributed by atoms with Crippen molar-refractivity contribution in [3.05, 3.63) is 26.6 Å². The minimum Gasteiger partial charge on any atom is -0.480 e. The summed E-state index contributed by atoms with van der Waals surface area (Å²) >= 11 is 6.50. The summed E-state index contributed by atoms with van der Waals surface area (Å²) in [5, 5.41) is 20.5. The van der Waals surface area contributed by atoms with Crippen molar-refractivity contribution in [1.29, 1.82) is 0 Å². The van der Waals surface area contributed by atoms with Crippen LogP contribution >= 0.6 is 31.9 Å². The fourth-order valence-electron chi connectivity index (χ4n) is 1.15. The van der Waals surface area contributed by atoms with Crippen molar-refractivity contribution in [2.75, 3.05) is 13.2 Å². The maximum atomic E-state index is 10.5. The Bertz CT molecular complexity index is 546. The zero-order valence-corrected chi connectivity index (χ0v) is 13.0. The molecule has 2 N–H and O–H groups in total. The van der Waals surface area contributed by atoms with E-state index in [0.29, 0.717) is 14.5 Å². The molecule has 0 radical (unpaired) electrons. The second-order valence-electron chi connectivity index (χ2n) is 3.39. The van der Waals surface area contributed by atoms with Crippen LogP contribution in [-0.4, -0.2) is 41.6 Å². The lowest BCUT2D eigenvalue weighted by atomic mass is 10.2. The van der Waals surface area contributed by atoms with Gasteiger partial charge in [-0.2, -0.15) is 0 Å². The summed E-state index contributed by atoms with van der Waals surface area (Å²) in [5.74, 6) is -2.01. The molecule has 108 valence electrons. The summed E-state index contributed by atoms with van der Waals surface area (Å²) in [5.41, 5.74) is 0.429. The molecule has 0 saturated carbocycles. The second-order valence-corrected chi connectivity index (χ2v) is 5.16. The molecule has 0 aliphatic carbocycles. The lowest BCUT2D eigenvalue weighted by Gasteiger charge is -2.09. The minimum atomic E-state index is -1.15. The number of rotatable bonds is 7. The van der Waals surface area contributed by atoms with Gasteiger partial charge < -0.3 is 19.8 Å². The molecule has 0 spiro atoms. The van der Waals surface area contributed by atoms with Gasteiger partial charge >= 0.3 is 11.9 Å². The van der Waals surface area contributed by atoms with Gasteiger partial charge in [-0.05, 0) is 28.1 Å². The monoisotopic (exact) mass is 409 g/mol. The summed E-state index contributed by atoms with van der Waals surface area (Å²) in [6, 6.07) is 3.29. The van der Waals surface area contributed by atoms with E-state index in [1.165, 1.54) is 6.21 Å². The predicted molar refractivity (Wildman–Crippen MR) is 76.2 cm³/mol. The smallest absolute Gasteiger partial charge is 0.344 e. The Labute approximate surface area is 130 Å². The van der Waals surface area contributed by atoms with Gasteiger partial charge in [0, 0.05) is 10.0 Å². The topological polar surface area (TPSA) is 105 Å². The van der Waals surface area contributed by atoms with Crippen LogP contribution in [0.4, 0.5) is 0 Å². The van der Waals surface area contributed by atoms with E-state index in [0.717, 1.165) is 0 Å². The Hall–Kier alpha value is -1.61. The van der Waals surface area contributed by atoms with Crippen LogP contribution in [0.2, 0.25) is 0 Å². The molecule has 1 rings (SSSR count). The van der Waals surface area contributed by atoms with Crippen LogP contribution in [0.5, 0.6) is 5.75 Å². The standard InChI is InChI=1S/C11H9Br2NO6/c12-7-1-6(3-14-20-5-10(17)18)11(8(13)2-7)19-4-9(15)16/h1-3H,4-5H2,(H,15,16)(H,17,18)/b14-3+. The van der Waals surface area contributed by atoms with Gasteiger partial charge in [0.25, 0.3) is 0 Å². The maximum Gasteiger partial charge on any atom is 0.344 e. The van der Waals surface area contributed by atoms with Gasteiger partial charge in [0.1, 0.15) is 5.75 Å². The molecule has 0 unspecified atom stereocenters. The van der Waals surface area contributed by atoms with Gasteiger partial charge in [-0.15, -0.1) is 0 Å². The zero-order valence-electron chi connectivity index (χ0n) is 9.88. The Kier molecular flexibility index (Phi) is 6.46. The molecular formula is C11H9Br2NO6. The molecule has 7 nitrogen and oxygen atoms in total. The summed E-state index contributed by atoms with van der Waals surface area (Å²) in [6.07, 6.45) is 1.23. The van der Waals surface area contributed by atoms with E-state index < -0.39 is 25.2 Å². The number of aliphatic carboxylic acids is 2. The summed E-state index contributed by atoms with van der Waals surface area (Å²) in [4.78, 5) is 25.3. The molecular weight excluding hydrogens is 402 g/mol. The highest BCUT2D eigenvalue weighted by Gasteiger charge is 2.11. The average Bonchev–Trinajstić information content (AvgIpc) is 2.32.